The molecule has 6 nitrogen and oxygen atoms in total. The van der Waals surface area contributed by atoms with Gasteiger partial charge in [-0.25, -0.2) is 13.2 Å². The summed E-state index contributed by atoms with van der Waals surface area (Å²) in [6.45, 7) is 4.13. The maximum atomic E-state index is 12.8. The van der Waals surface area contributed by atoms with E-state index in [2.05, 4.69) is 11.3 Å². The van der Waals surface area contributed by atoms with Crippen LogP contribution in [0, 0.1) is 0 Å². The van der Waals surface area contributed by atoms with Crippen LogP contribution >= 0.6 is 11.6 Å². The summed E-state index contributed by atoms with van der Waals surface area (Å²) in [5.41, 5.74) is 0.784. The predicted octanol–water partition coefficient (Wildman–Crippen LogP) is 3.51. The Kier molecular flexibility index (Phi) is 7.01. The Hall–Kier alpha value is -2.35. The van der Waals surface area contributed by atoms with Crippen LogP contribution < -0.4 is 4.74 Å². The molecule has 0 aliphatic rings. The lowest BCUT2D eigenvalue weighted by atomic mass is 10.2. The van der Waals surface area contributed by atoms with Crippen LogP contribution in [0.1, 0.15) is 15.9 Å². The van der Waals surface area contributed by atoms with E-state index in [1.165, 1.54) is 36.7 Å². The zero-order valence-corrected chi connectivity index (χ0v) is 16.6. The van der Waals surface area contributed by atoms with Gasteiger partial charge in [0.1, 0.15) is 12.4 Å². The third-order valence-corrected chi connectivity index (χ3v) is 5.88. The molecule has 0 saturated carbocycles. The van der Waals surface area contributed by atoms with Gasteiger partial charge in [0, 0.05) is 13.6 Å². The number of methoxy groups -OCH3 is 1. The van der Waals surface area contributed by atoms with E-state index in [9.17, 15) is 13.2 Å². The van der Waals surface area contributed by atoms with Crippen LogP contribution in [-0.2, 0) is 21.3 Å². The molecule has 0 aliphatic heterocycles. The summed E-state index contributed by atoms with van der Waals surface area (Å²) in [6, 6.07) is 11.0. The Labute approximate surface area is 164 Å². The van der Waals surface area contributed by atoms with E-state index in [1.807, 2.05) is 0 Å². The van der Waals surface area contributed by atoms with E-state index in [-0.39, 0.29) is 22.0 Å². The summed E-state index contributed by atoms with van der Waals surface area (Å²) in [6.07, 6.45) is 1.64. The number of carbonyl (C=O) groups is 1. The minimum absolute atomic E-state index is 0.00244. The fraction of sp³-hybridized carbons (Fsp3) is 0.211. The molecule has 144 valence electrons. The normalized spacial score (nSPS) is 11.3. The van der Waals surface area contributed by atoms with Crippen LogP contribution in [0.3, 0.4) is 0 Å². The molecule has 0 bridgehead atoms. The van der Waals surface area contributed by atoms with E-state index in [1.54, 1.807) is 30.3 Å². The first kappa shape index (κ1) is 21.0. The number of halogens is 1. The zero-order chi connectivity index (χ0) is 20.0. The molecular formula is C19H20ClNO5S. The molecule has 0 N–H and O–H groups in total. The molecule has 2 aromatic carbocycles. The number of carbonyl (C=O) groups excluding carboxylic acids is 1. The first-order valence-electron chi connectivity index (χ1n) is 7.96. The number of sulfonamides is 1. The Bertz CT molecular complexity index is 926. The van der Waals surface area contributed by atoms with Crippen LogP contribution in [0.15, 0.2) is 60.0 Å². The number of rotatable bonds is 8. The summed E-state index contributed by atoms with van der Waals surface area (Å²) in [5, 5.41) is 0.124. The summed E-state index contributed by atoms with van der Waals surface area (Å²) < 4.78 is 36.9. The van der Waals surface area contributed by atoms with Crippen molar-refractivity contribution in [3.63, 3.8) is 0 Å². The average molecular weight is 410 g/mol. The Morgan fingerprint density at radius 2 is 1.89 bits per heavy atom. The number of benzene rings is 2. The second kappa shape index (κ2) is 9.03. The van der Waals surface area contributed by atoms with Crippen molar-refractivity contribution in [2.75, 3.05) is 20.8 Å². The first-order chi connectivity index (χ1) is 12.8. The number of hydrogen-bond donors (Lipinski definition) is 0. The average Bonchev–Trinajstić information content (AvgIpc) is 2.67. The van der Waals surface area contributed by atoms with Crippen molar-refractivity contribution in [2.45, 2.75) is 11.4 Å². The molecule has 27 heavy (non-hydrogen) atoms. The fourth-order valence-corrected chi connectivity index (χ4v) is 3.68. The van der Waals surface area contributed by atoms with Gasteiger partial charge in [0.05, 0.1) is 22.6 Å². The topological polar surface area (TPSA) is 72.9 Å². The SMILES string of the molecule is C=CCOc1ccc(CN(C)S(=O)(=O)c2ccc(Cl)c(C(=O)OC)c2)cc1. The van der Waals surface area contributed by atoms with E-state index in [0.29, 0.717) is 12.4 Å². The highest BCUT2D eigenvalue weighted by atomic mass is 35.5. The first-order valence-corrected chi connectivity index (χ1v) is 9.78. The molecule has 0 radical (unpaired) electrons. The minimum Gasteiger partial charge on any atom is -0.490 e. The monoisotopic (exact) mass is 409 g/mol. The van der Waals surface area contributed by atoms with Crippen molar-refractivity contribution in [1.29, 1.82) is 0 Å². The highest BCUT2D eigenvalue weighted by Gasteiger charge is 2.23. The van der Waals surface area contributed by atoms with Gasteiger partial charge in [0.2, 0.25) is 10.0 Å². The maximum absolute atomic E-state index is 12.8. The fourth-order valence-electron chi connectivity index (χ4n) is 2.30. The Balaban J connectivity index is 2.21. The molecule has 0 heterocycles. The van der Waals surface area contributed by atoms with Gasteiger partial charge in [0.15, 0.2) is 0 Å². The number of nitrogens with zero attached hydrogens (tertiary/aromatic N) is 1. The molecular weight excluding hydrogens is 390 g/mol. The third kappa shape index (κ3) is 5.09. The summed E-state index contributed by atoms with van der Waals surface area (Å²) in [4.78, 5) is 11.7. The molecule has 0 unspecified atom stereocenters. The number of hydrogen-bond acceptors (Lipinski definition) is 5. The van der Waals surface area contributed by atoms with Crippen molar-refractivity contribution in [3.05, 3.63) is 71.3 Å². The summed E-state index contributed by atoms with van der Waals surface area (Å²) in [5.74, 6) is -0.0283. The van der Waals surface area contributed by atoms with Crippen LogP contribution in [0.2, 0.25) is 5.02 Å². The Morgan fingerprint density at radius 3 is 2.48 bits per heavy atom. The van der Waals surface area contributed by atoms with Crippen molar-refractivity contribution in [3.8, 4) is 5.75 Å². The molecule has 0 saturated heterocycles. The molecule has 0 atom stereocenters. The van der Waals surface area contributed by atoms with E-state index >= 15 is 0 Å². The second-order valence-electron chi connectivity index (χ2n) is 5.64. The smallest absolute Gasteiger partial charge is 0.339 e. The lowest BCUT2D eigenvalue weighted by Gasteiger charge is -2.18. The van der Waals surface area contributed by atoms with Crippen LogP contribution in [-0.4, -0.2) is 39.5 Å². The van der Waals surface area contributed by atoms with Crippen molar-refractivity contribution >= 4 is 27.6 Å². The number of ether oxygens (including phenoxy) is 2. The van der Waals surface area contributed by atoms with Crippen LogP contribution in [0.25, 0.3) is 0 Å². The highest BCUT2D eigenvalue weighted by molar-refractivity contribution is 7.89. The lowest BCUT2D eigenvalue weighted by molar-refractivity contribution is 0.0600. The standard InChI is InChI=1S/C19H20ClNO5S/c1-4-11-26-15-7-5-14(6-8-15)13-21(2)27(23,24)16-9-10-18(20)17(12-16)19(22)25-3/h4-10,12H,1,11,13H2,2-3H3. The van der Waals surface area contributed by atoms with Crippen molar-refractivity contribution < 1.29 is 22.7 Å². The second-order valence-corrected chi connectivity index (χ2v) is 8.09. The van der Waals surface area contributed by atoms with E-state index < -0.39 is 16.0 Å². The third-order valence-electron chi connectivity index (χ3n) is 3.75. The van der Waals surface area contributed by atoms with Gasteiger partial charge in [-0.15, -0.1) is 0 Å². The van der Waals surface area contributed by atoms with E-state index in [4.69, 9.17) is 16.3 Å². The molecule has 0 fully saturated rings. The predicted molar refractivity (Wildman–Crippen MR) is 104 cm³/mol. The molecule has 0 aromatic heterocycles. The largest absolute Gasteiger partial charge is 0.490 e. The van der Waals surface area contributed by atoms with Gasteiger partial charge in [-0.2, -0.15) is 4.31 Å². The molecule has 2 rings (SSSR count). The van der Waals surface area contributed by atoms with Gasteiger partial charge in [-0.05, 0) is 35.9 Å². The van der Waals surface area contributed by atoms with Crippen LogP contribution in [0.5, 0.6) is 5.75 Å². The number of esters is 1. The van der Waals surface area contributed by atoms with Gasteiger partial charge >= 0.3 is 5.97 Å². The maximum Gasteiger partial charge on any atom is 0.339 e. The van der Waals surface area contributed by atoms with Crippen molar-refractivity contribution in [1.82, 2.24) is 4.31 Å². The van der Waals surface area contributed by atoms with E-state index in [0.717, 1.165) is 5.56 Å². The summed E-state index contributed by atoms with van der Waals surface area (Å²) >= 11 is 5.95. The van der Waals surface area contributed by atoms with Gasteiger partial charge < -0.3 is 9.47 Å². The van der Waals surface area contributed by atoms with Gasteiger partial charge in [0.25, 0.3) is 0 Å². The Morgan fingerprint density at radius 1 is 1.22 bits per heavy atom. The quantitative estimate of drug-likeness (QED) is 0.492. The summed E-state index contributed by atoms with van der Waals surface area (Å²) in [7, 11) is -1.16. The minimum atomic E-state index is -3.82. The molecule has 0 spiro atoms. The molecule has 2 aromatic rings. The highest BCUT2D eigenvalue weighted by Crippen LogP contribution is 2.24. The van der Waals surface area contributed by atoms with Crippen molar-refractivity contribution in [2.24, 2.45) is 0 Å². The molecule has 8 heteroatoms. The zero-order valence-electron chi connectivity index (χ0n) is 15.0. The van der Waals surface area contributed by atoms with Gasteiger partial charge in [-0.3, -0.25) is 0 Å². The molecule has 0 aliphatic carbocycles. The van der Waals surface area contributed by atoms with Gasteiger partial charge in [-0.1, -0.05) is 36.4 Å². The lowest BCUT2D eigenvalue weighted by Crippen LogP contribution is -2.26. The van der Waals surface area contributed by atoms with Crippen LogP contribution in [0.4, 0.5) is 0 Å². The molecule has 0 amide bonds.